The number of hydrogen-bond acceptors (Lipinski definition) is 3. The fraction of sp³-hybridized carbons (Fsp3) is 0.933. The van der Waals surface area contributed by atoms with Crippen molar-refractivity contribution in [3.8, 4) is 0 Å². The Hall–Kier alpha value is -0.980. The average Bonchev–Trinajstić information content (AvgIpc) is 2.33. The Bertz CT molecular complexity index is 367. The van der Waals surface area contributed by atoms with Gasteiger partial charge >= 0.3 is 12.3 Å². The first-order valence-electron chi connectivity index (χ1n) is 7.75. The molecular formula is C15H27F3N2O2. The number of piperidine rings is 1. The molecule has 1 saturated heterocycles. The lowest BCUT2D eigenvalue weighted by Crippen LogP contribution is -2.47. The summed E-state index contributed by atoms with van der Waals surface area (Å²) in [6.07, 6.45) is -3.63. The molecular weight excluding hydrogens is 297 g/mol. The Morgan fingerprint density at radius 2 is 2.00 bits per heavy atom. The molecule has 1 heterocycles. The predicted molar refractivity (Wildman–Crippen MR) is 78.7 cm³/mol. The number of rotatable bonds is 4. The van der Waals surface area contributed by atoms with Gasteiger partial charge in [0.15, 0.2) is 0 Å². The molecule has 0 aromatic heterocycles. The molecule has 0 radical (unpaired) electrons. The largest absolute Gasteiger partial charge is 0.444 e. The van der Waals surface area contributed by atoms with E-state index in [0.29, 0.717) is 13.1 Å². The second kappa shape index (κ2) is 7.53. The number of amides is 1. The number of alkyl carbamates (subject to hydrolysis) is 1. The first-order valence-corrected chi connectivity index (χ1v) is 7.75. The number of hydrogen-bond donors (Lipinski definition) is 1. The summed E-state index contributed by atoms with van der Waals surface area (Å²) in [5.74, 6) is 0.148. The second-order valence-corrected chi connectivity index (χ2v) is 7.00. The van der Waals surface area contributed by atoms with E-state index in [1.807, 2.05) is 11.8 Å². The molecule has 1 fully saturated rings. The van der Waals surface area contributed by atoms with Crippen LogP contribution in [0.5, 0.6) is 0 Å². The van der Waals surface area contributed by atoms with Crippen LogP contribution in [0.3, 0.4) is 0 Å². The van der Waals surface area contributed by atoms with Crippen LogP contribution >= 0.6 is 0 Å². The van der Waals surface area contributed by atoms with E-state index >= 15 is 0 Å². The van der Waals surface area contributed by atoms with E-state index in [1.54, 1.807) is 20.8 Å². The maximum Gasteiger partial charge on any atom is 0.407 e. The minimum atomic E-state index is -4.12. The standard InChI is InChI=1S/C15H27F3N2O2/c1-11(19-13(21)22-14(2,3)4)12-6-5-8-20(10-12)9-7-15(16,17)18/h11-12H,5-10H2,1-4H3,(H,19,21)/t11-,12+/m1/s1. The van der Waals surface area contributed by atoms with Crippen molar-refractivity contribution < 1.29 is 22.7 Å². The molecule has 4 nitrogen and oxygen atoms in total. The number of alkyl halides is 3. The maximum atomic E-state index is 12.3. The number of likely N-dealkylation sites (tertiary alicyclic amines) is 1. The molecule has 1 rings (SSSR count). The van der Waals surface area contributed by atoms with Crippen molar-refractivity contribution in [2.75, 3.05) is 19.6 Å². The van der Waals surface area contributed by atoms with Crippen LogP contribution in [0.15, 0.2) is 0 Å². The number of ether oxygens (including phenoxy) is 1. The van der Waals surface area contributed by atoms with Gasteiger partial charge in [-0.1, -0.05) is 0 Å². The van der Waals surface area contributed by atoms with Crippen LogP contribution in [0, 0.1) is 5.92 Å². The van der Waals surface area contributed by atoms with Gasteiger partial charge in [-0.25, -0.2) is 4.79 Å². The molecule has 2 atom stereocenters. The Morgan fingerprint density at radius 3 is 2.55 bits per heavy atom. The summed E-state index contributed by atoms with van der Waals surface area (Å²) in [6, 6.07) is -0.122. The van der Waals surface area contributed by atoms with Crippen molar-refractivity contribution in [1.29, 1.82) is 0 Å². The van der Waals surface area contributed by atoms with E-state index in [-0.39, 0.29) is 18.5 Å². The quantitative estimate of drug-likeness (QED) is 0.859. The first kappa shape index (κ1) is 19.1. The van der Waals surface area contributed by atoms with Crippen molar-refractivity contribution in [2.24, 2.45) is 5.92 Å². The van der Waals surface area contributed by atoms with Crippen molar-refractivity contribution in [3.63, 3.8) is 0 Å². The molecule has 0 aromatic carbocycles. The SMILES string of the molecule is C[C@@H](NC(=O)OC(C)(C)C)[C@H]1CCCN(CCC(F)(F)F)C1. The van der Waals surface area contributed by atoms with E-state index in [0.717, 1.165) is 12.8 Å². The highest BCUT2D eigenvalue weighted by Crippen LogP contribution is 2.24. The molecule has 7 heteroatoms. The molecule has 1 N–H and O–H groups in total. The van der Waals surface area contributed by atoms with Gasteiger partial charge in [-0.3, -0.25) is 0 Å². The lowest BCUT2D eigenvalue weighted by molar-refractivity contribution is -0.138. The lowest BCUT2D eigenvalue weighted by Gasteiger charge is -2.36. The van der Waals surface area contributed by atoms with Crippen LogP contribution in [0.1, 0.15) is 47.0 Å². The number of nitrogens with zero attached hydrogens (tertiary/aromatic N) is 1. The number of carbonyl (C=O) groups excluding carboxylic acids is 1. The average molecular weight is 324 g/mol. The number of carbonyl (C=O) groups is 1. The van der Waals surface area contributed by atoms with Crippen LogP contribution in [0.25, 0.3) is 0 Å². The van der Waals surface area contributed by atoms with Crippen molar-refractivity contribution in [1.82, 2.24) is 10.2 Å². The third kappa shape index (κ3) is 7.87. The molecule has 0 unspecified atom stereocenters. The summed E-state index contributed by atoms with van der Waals surface area (Å²) in [5.41, 5.74) is -0.560. The monoisotopic (exact) mass is 324 g/mol. The highest BCUT2D eigenvalue weighted by atomic mass is 19.4. The first-order chi connectivity index (χ1) is 9.96. The maximum absolute atomic E-state index is 12.3. The molecule has 130 valence electrons. The molecule has 0 saturated carbocycles. The summed E-state index contributed by atoms with van der Waals surface area (Å²) in [7, 11) is 0. The Balaban J connectivity index is 2.42. The molecule has 1 aliphatic heterocycles. The van der Waals surface area contributed by atoms with E-state index in [4.69, 9.17) is 4.74 Å². The molecule has 1 amide bonds. The minimum absolute atomic E-state index is 0.0269. The van der Waals surface area contributed by atoms with Gasteiger partial charge in [0, 0.05) is 19.1 Å². The van der Waals surface area contributed by atoms with Crippen molar-refractivity contribution in [3.05, 3.63) is 0 Å². The normalized spacial score (nSPS) is 22.2. The highest BCUT2D eigenvalue weighted by Gasteiger charge is 2.31. The van der Waals surface area contributed by atoms with Gasteiger partial charge in [-0.05, 0) is 53.0 Å². The molecule has 1 aliphatic rings. The van der Waals surface area contributed by atoms with Crippen LogP contribution in [0.2, 0.25) is 0 Å². The fourth-order valence-corrected chi connectivity index (χ4v) is 2.60. The number of halogens is 3. The lowest BCUT2D eigenvalue weighted by atomic mass is 9.91. The van der Waals surface area contributed by atoms with E-state index in [9.17, 15) is 18.0 Å². The van der Waals surface area contributed by atoms with E-state index in [1.165, 1.54) is 0 Å². The summed E-state index contributed by atoms with van der Waals surface area (Å²) >= 11 is 0. The van der Waals surface area contributed by atoms with E-state index < -0.39 is 24.3 Å². The van der Waals surface area contributed by atoms with Crippen LogP contribution in [-0.4, -0.2) is 48.4 Å². The smallest absolute Gasteiger partial charge is 0.407 e. The van der Waals surface area contributed by atoms with Gasteiger partial charge in [0.25, 0.3) is 0 Å². The molecule has 0 aliphatic carbocycles. The zero-order valence-corrected chi connectivity index (χ0v) is 13.8. The number of nitrogens with one attached hydrogen (secondary N) is 1. The topological polar surface area (TPSA) is 41.6 Å². The van der Waals surface area contributed by atoms with Crippen molar-refractivity contribution >= 4 is 6.09 Å². The van der Waals surface area contributed by atoms with Crippen LogP contribution < -0.4 is 5.32 Å². The summed E-state index contributed by atoms with van der Waals surface area (Å²) in [6.45, 7) is 8.53. The Kier molecular flexibility index (Phi) is 6.52. The summed E-state index contributed by atoms with van der Waals surface area (Å²) in [5, 5.41) is 2.79. The molecule has 22 heavy (non-hydrogen) atoms. The Morgan fingerprint density at radius 1 is 1.36 bits per heavy atom. The second-order valence-electron chi connectivity index (χ2n) is 7.00. The zero-order valence-electron chi connectivity index (χ0n) is 13.8. The minimum Gasteiger partial charge on any atom is -0.444 e. The van der Waals surface area contributed by atoms with Gasteiger partial charge in [0.1, 0.15) is 5.60 Å². The van der Waals surface area contributed by atoms with Gasteiger partial charge in [-0.15, -0.1) is 0 Å². The zero-order chi connectivity index (χ0) is 17.0. The predicted octanol–water partition coefficient (Wildman–Crippen LogP) is 3.56. The molecule has 0 bridgehead atoms. The third-order valence-corrected chi connectivity index (χ3v) is 3.70. The van der Waals surface area contributed by atoms with Gasteiger partial charge in [0.2, 0.25) is 0 Å². The molecule has 0 spiro atoms. The van der Waals surface area contributed by atoms with Crippen LogP contribution in [-0.2, 0) is 4.74 Å². The fourth-order valence-electron chi connectivity index (χ4n) is 2.60. The summed E-state index contributed by atoms with van der Waals surface area (Å²) < 4.78 is 42.1. The van der Waals surface area contributed by atoms with Crippen molar-refractivity contribution in [2.45, 2.75) is 64.8 Å². The van der Waals surface area contributed by atoms with Crippen LogP contribution in [0.4, 0.5) is 18.0 Å². The Labute approximate surface area is 130 Å². The highest BCUT2D eigenvalue weighted by molar-refractivity contribution is 5.68. The third-order valence-electron chi connectivity index (χ3n) is 3.70. The summed E-state index contributed by atoms with van der Waals surface area (Å²) in [4.78, 5) is 13.6. The van der Waals surface area contributed by atoms with Gasteiger partial charge in [-0.2, -0.15) is 13.2 Å². The molecule has 0 aromatic rings. The van der Waals surface area contributed by atoms with Gasteiger partial charge < -0.3 is 15.0 Å². The van der Waals surface area contributed by atoms with E-state index in [2.05, 4.69) is 5.32 Å². The van der Waals surface area contributed by atoms with Gasteiger partial charge in [0.05, 0.1) is 6.42 Å².